The van der Waals surface area contributed by atoms with E-state index in [0.717, 1.165) is 0 Å². The van der Waals surface area contributed by atoms with Crippen molar-refractivity contribution in [2.75, 3.05) is 0 Å². The predicted molar refractivity (Wildman–Crippen MR) is 45.3 cm³/mol. The van der Waals surface area contributed by atoms with Crippen molar-refractivity contribution in [1.29, 1.82) is 5.26 Å². The molecule has 0 bridgehead atoms. The normalized spacial score (nSPS) is 12.4. The fraction of sp³-hybridized carbons (Fsp3) is 0.286. The second kappa shape index (κ2) is 3.65. The second-order valence-corrected chi connectivity index (χ2v) is 4.41. The van der Waals surface area contributed by atoms with Crippen LogP contribution in [0.4, 0.5) is 0 Å². The summed E-state index contributed by atoms with van der Waals surface area (Å²) in [5, 5.41) is 10.6. The zero-order valence-corrected chi connectivity index (χ0v) is 7.21. The monoisotopic (exact) mass is 169 g/mol. The first kappa shape index (κ1) is 7.64. The lowest BCUT2D eigenvalue weighted by Crippen LogP contribution is -1.86. The molecule has 0 N–H and O–H groups in total. The van der Waals surface area contributed by atoms with Crippen LogP contribution in [0, 0.1) is 11.3 Å². The van der Waals surface area contributed by atoms with Crippen LogP contribution >= 0.6 is 23.1 Å². The van der Waals surface area contributed by atoms with E-state index in [1.54, 1.807) is 23.1 Å². The van der Waals surface area contributed by atoms with E-state index >= 15 is 0 Å². The van der Waals surface area contributed by atoms with Gasteiger partial charge >= 0.3 is 0 Å². The number of nitrogens with zero attached hydrogens (tertiary/aromatic N) is 1. The molecule has 1 rings (SSSR count). The highest BCUT2D eigenvalue weighted by Gasteiger charge is 2.01. The maximum Gasteiger partial charge on any atom is 0.0943 e. The molecule has 0 aliphatic heterocycles. The summed E-state index contributed by atoms with van der Waals surface area (Å²) in [7, 11) is 0. The minimum absolute atomic E-state index is 0.0682. The predicted octanol–water partition coefficient (Wildman–Crippen LogP) is 2.75. The Labute approximate surface area is 68.7 Å². The summed E-state index contributed by atoms with van der Waals surface area (Å²) >= 11 is 3.29. The minimum Gasteiger partial charge on any atom is -0.197 e. The van der Waals surface area contributed by atoms with E-state index in [9.17, 15) is 0 Å². The number of hydrogen-bond acceptors (Lipinski definition) is 3. The molecule has 0 amide bonds. The number of nitriles is 1. The SMILES string of the molecule is CC(C#N)Sc1cccs1. The molecule has 1 nitrogen and oxygen atoms in total. The lowest BCUT2D eigenvalue weighted by Gasteiger charge is -1.95. The van der Waals surface area contributed by atoms with E-state index < -0.39 is 0 Å². The van der Waals surface area contributed by atoms with E-state index in [4.69, 9.17) is 5.26 Å². The summed E-state index contributed by atoms with van der Waals surface area (Å²) in [4.78, 5) is 0. The van der Waals surface area contributed by atoms with Gasteiger partial charge in [-0.2, -0.15) is 5.26 Å². The molecule has 0 saturated carbocycles. The number of thioether (sulfide) groups is 1. The van der Waals surface area contributed by atoms with Crippen molar-refractivity contribution in [2.45, 2.75) is 16.4 Å². The van der Waals surface area contributed by atoms with Crippen molar-refractivity contribution in [1.82, 2.24) is 0 Å². The molecule has 1 unspecified atom stereocenters. The standard InChI is InChI=1S/C7H7NS2/c1-6(5-8)10-7-3-2-4-9-7/h2-4,6H,1H3. The third kappa shape index (κ3) is 2.05. The third-order valence-electron chi connectivity index (χ3n) is 0.970. The van der Waals surface area contributed by atoms with Gasteiger partial charge in [0.25, 0.3) is 0 Å². The summed E-state index contributed by atoms with van der Waals surface area (Å²) < 4.78 is 1.22. The Kier molecular flexibility index (Phi) is 2.79. The summed E-state index contributed by atoms with van der Waals surface area (Å²) in [6.45, 7) is 1.91. The van der Waals surface area contributed by atoms with Gasteiger partial charge in [0.1, 0.15) is 0 Å². The zero-order valence-electron chi connectivity index (χ0n) is 5.57. The molecule has 0 fully saturated rings. The van der Waals surface area contributed by atoms with E-state index in [1.165, 1.54) is 4.21 Å². The molecule has 0 radical (unpaired) electrons. The van der Waals surface area contributed by atoms with E-state index in [0.29, 0.717) is 0 Å². The van der Waals surface area contributed by atoms with Crippen molar-refractivity contribution in [3.63, 3.8) is 0 Å². The lowest BCUT2D eigenvalue weighted by atomic mass is 10.5. The van der Waals surface area contributed by atoms with Crippen molar-refractivity contribution >= 4 is 23.1 Å². The van der Waals surface area contributed by atoms with Crippen LogP contribution in [-0.2, 0) is 0 Å². The molecule has 0 aliphatic carbocycles. The van der Waals surface area contributed by atoms with Crippen LogP contribution < -0.4 is 0 Å². The van der Waals surface area contributed by atoms with Crippen molar-refractivity contribution in [2.24, 2.45) is 0 Å². The fourth-order valence-corrected chi connectivity index (χ4v) is 2.36. The van der Waals surface area contributed by atoms with Crippen molar-refractivity contribution < 1.29 is 0 Å². The van der Waals surface area contributed by atoms with Gasteiger partial charge in [-0.3, -0.25) is 0 Å². The molecule has 1 atom stereocenters. The Balaban J connectivity index is 2.50. The van der Waals surface area contributed by atoms with Crippen LogP contribution in [-0.4, -0.2) is 5.25 Å². The van der Waals surface area contributed by atoms with Gasteiger partial charge < -0.3 is 0 Å². The molecule has 0 aromatic carbocycles. The average Bonchev–Trinajstić information content (AvgIpc) is 2.40. The highest BCUT2D eigenvalue weighted by Crippen LogP contribution is 2.26. The maximum absolute atomic E-state index is 8.47. The molecule has 3 heteroatoms. The molecule has 0 saturated heterocycles. The Morgan fingerprint density at radius 1 is 1.80 bits per heavy atom. The first-order valence-electron chi connectivity index (χ1n) is 2.92. The second-order valence-electron chi connectivity index (χ2n) is 1.82. The van der Waals surface area contributed by atoms with E-state index in [-0.39, 0.29) is 5.25 Å². The molecular weight excluding hydrogens is 162 g/mol. The van der Waals surface area contributed by atoms with Crippen LogP contribution in [0.3, 0.4) is 0 Å². The third-order valence-corrected chi connectivity index (χ3v) is 3.04. The smallest absolute Gasteiger partial charge is 0.0943 e. The Morgan fingerprint density at radius 3 is 3.10 bits per heavy atom. The van der Waals surface area contributed by atoms with Crippen LogP contribution in [0.25, 0.3) is 0 Å². The van der Waals surface area contributed by atoms with Gasteiger partial charge in [0.15, 0.2) is 0 Å². The molecular formula is C7H7NS2. The molecule has 1 aromatic rings. The fourth-order valence-electron chi connectivity index (χ4n) is 0.531. The van der Waals surface area contributed by atoms with Crippen LogP contribution in [0.1, 0.15) is 6.92 Å². The number of hydrogen-bond donors (Lipinski definition) is 0. The molecule has 1 aromatic heterocycles. The van der Waals surface area contributed by atoms with Crippen LogP contribution in [0.15, 0.2) is 21.7 Å². The largest absolute Gasteiger partial charge is 0.197 e. The Morgan fingerprint density at radius 2 is 2.60 bits per heavy atom. The first-order chi connectivity index (χ1) is 4.83. The first-order valence-corrected chi connectivity index (χ1v) is 4.68. The van der Waals surface area contributed by atoms with Gasteiger partial charge in [0.05, 0.1) is 15.5 Å². The Hall–Kier alpha value is -0.460. The lowest BCUT2D eigenvalue weighted by molar-refractivity contribution is 1.24. The van der Waals surface area contributed by atoms with Crippen LogP contribution in [0.5, 0.6) is 0 Å². The summed E-state index contributed by atoms with van der Waals surface area (Å²) in [5.74, 6) is 0. The quantitative estimate of drug-likeness (QED) is 0.636. The van der Waals surface area contributed by atoms with Gasteiger partial charge in [-0.25, -0.2) is 0 Å². The molecule has 0 aliphatic rings. The Bertz CT molecular complexity index is 222. The van der Waals surface area contributed by atoms with Gasteiger partial charge in [-0.1, -0.05) is 17.8 Å². The summed E-state index contributed by atoms with van der Waals surface area (Å²) in [5.41, 5.74) is 0. The molecule has 1 heterocycles. The highest BCUT2D eigenvalue weighted by atomic mass is 32.2. The molecule has 0 spiro atoms. The topological polar surface area (TPSA) is 23.8 Å². The van der Waals surface area contributed by atoms with Crippen molar-refractivity contribution in [3.8, 4) is 6.07 Å². The van der Waals surface area contributed by atoms with Crippen LogP contribution in [0.2, 0.25) is 0 Å². The maximum atomic E-state index is 8.47. The van der Waals surface area contributed by atoms with Crippen molar-refractivity contribution in [3.05, 3.63) is 17.5 Å². The number of rotatable bonds is 2. The van der Waals surface area contributed by atoms with Gasteiger partial charge in [0.2, 0.25) is 0 Å². The van der Waals surface area contributed by atoms with Gasteiger partial charge in [-0.05, 0) is 18.4 Å². The number of thiophene rings is 1. The van der Waals surface area contributed by atoms with E-state index in [1.807, 2.05) is 24.4 Å². The van der Waals surface area contributed by atoms with Gasteiger partial charge in [-0.15, -0.1) is 11.3 Å². The zero-order chi connectivity index (χ0) is 7.40. The minimum atomic E-state index is 0.0682. The summed E-state index contributed by atoms with van der Waals surface area (Å²) in [6, 6.07) is 6.20. The summed E-state index contributed by atoms with van der Waals surface area (Å²) in [6.07, 6.45) is 0. The van der Waals surface area contributed by atoms with E-state index in [2.05, 4.69) is 6.07 Å². The average molecular weight is 169 g/mol. The molecule has 52 valence electrons. The molecule has 10 heavy (non-hydrogen) atoms. The highest BCUT2D eigenvalue weighted by molar-refractivity contribution is 8.01. The van der Waals surface area contributed by atoms with Gasteiger partial charge in [0, 0.05) is 0 Å².